The van der Waals surface area contributed by atoms with Crippen LogP contribution in [0.1, 0.15) is 71.6 Å². The summed E-state index contributed by atoms with van der Waals surface area (Å²) in [6, 6.07) is 0. The highest BCUT2D eigenvalue weighted by molar-refractivity contribution is 9.09. The summed E-state index contributed by atoms with van der Waals surface area (Å²) in [7, 11) is 0. The highest BCUT2D eigenvalue weighted by Gasteiger charge is 2.61. The predicted octanol–water partition coefficient (Wildman–Crippen LogP) is 4.22. The zero-order valence-electron chi connectivity index (χ0n) is 15.9. The Kier molecular flexibility index (Phi) is 4.58. The van der Waals surface area contributed by atoms with Crippen molar-refractivity contribution in [1.29, 1.82) is 0 Å². The van der Waals surface area contributed by atoms with Crippen molar-refractivity contribution in [2.45, 2.75) is 77.4 Å². The van der Waals surface area contributed by atoms with Crippen LogP contribution in [0.25, 0.3) is 0 Å². The normalized spacial score (nSPS) is 50.5. The molecule has 0 bridgehead atoms. The van der Waals surface area contributed by atoms with Gasteiger partial charge in [0, 0.05) is 24.7 Å². The quantitative estimate of drug-likeness (QED) is 0.407. The van der Waals surface area contributed by atoms with Gasteiger partial charge < -0.3 is 9.84 Å². The molecule has 1 N–H and O–H groups in total. The van der Waals surface area contributed by atoms with E-state index in [9.17, 15) is 14.7 Å². The van der Waals surface area contributed by atoms with Crippen molar-refractivity contribution in [2.24, 2.45) is 34.5 Å². The fraction of sp³-hybridized carbons (Fsp3) is 0.905. The van der Waals surface area contributed by atoms with Crippen molar-refractivity contribution in [3.8, 4) is 0 Å². The number of ether oxygens (including phenoxy) is 1. The second-order valence-electron chi connectivity index (χ2n) is 9.83. The van der Waals surface area contributed by atoms with E-state index in [2.05, 4.69) is 29.8 Å². The van der Waals surface area contributed by atoms with Gasteiger partial charge in [0.2, 0.25) is 5.79 Å². The summed E-state index contributed by atoms with van der Waals surface area (Å²) in [6.45, 7) is 4.62. The second kappa shape index (κ2) is 6.30. The zero-order valence-corrected chi connectivity index (χ0v) is 17.5. The van der Waals surface area contributed by atoms with E-state index in [1.807, 2.05) is 0 Å². The van der Waals surface area contributed by atoms with Gasteiger partial charge in [0.05, 0.1) is 0 Å². The molecule has 4 aliphatic rings. The first-order valence-electron chi connectivity index (χ1n) is 10.3. The third-order valence-corrected chi connectivity index (χ3v) is 9.26. The van der Waals surface area contributed by atoms with E-state index in [1.165, 1.54) is 0 Å². The number of ketones is 1. The molecular formula is C21H31BrO4. The third kappa shape index (κ3) is 2.71. The molecule has 7 atom stereocenters. The number of fused-ring (bicyclic) bond motifs is 5. The molecule has 0 unspecified atom stereocenters. The molecule has 4 rings (SSSR count). The van der Waals surface area contributed by atoms with Gasteiger partial charge in [0.15, 0.2) is 0 Å². The minimum atomic E-state index is -1.30. The van der Waals surface area contributed by atoms with Crippen molar-refractivity contribution < 1.29 is 19.4 Å². The van der Waals surface area contributed by atoms with Gasteiger partial charge in [-0.05, 0) is 67.6 Å². The highest BCUT2D eigenvalue weighted by atomic mass is 79.9. The predicted molar refractivity (Wildman–Crippen MR) is 102 cm³/mol. The third-order valence-electron chi connectivity index (χ3n) is 8.81. The summed E-state index contributed by atoms with van der Waals surface area (Å²) < 4.78 is 5.38. The summed E-state index contributed by atoms with van der Waals surface area (Å²) in [4.78, 5) is 24.2. The van der Waals surface area contributed by atoms with Crippen molar-refractivity contribution in [2.75, 3.05) is 5.33 Å². The molecule has 0 aromatic carbocycles. The SMILES string of the molecule is C[C@]12CC[C@@](O)(OC(=O)CBr)C[C@@H]1CC[C@@H]1[C@@H]2CC[C@]2(C)C(=O)CC[C@@H]12. The molecule has 4 nitrogen and oxygen atoms in total. The standard InChI is InChI=1S/C21H31BrO4/c1-19-9-10-21(25,26-18(24)12-22)11-13(19)3-4-14-15-5-6-17(23)20(15,2)8-7-16(14)19/h13-16,25H,3-12H2,1-2H3/t13-,14-,15-,16-,19-,20-,21+/m0/s1. The lowest BCUT2D eigenvalue weighted by atomic mass is 9.45. The minimum absolute atomic E-state index is 0.0782. The average molecular weight is 427 g/mol. The van der Waals surface area contributed by atoms with Crippen LogP contribution in [0.15, 0.2) is 0 Å². The molecule has 5 heteroatoms. The first-order valence-corrected chi connectivity index (χ1v) is 11.4. The summed E-state index contributed by atoms with van der Waals surface area (Å²) in [5, 5.41) is 11.0. The topological polar surface area (TPSA) is 63.6 Å². The number of carbonyl (C=O) groups excluding carboxylic acids is 2. The Bertz CT molecular complexity index is 621. The highest BCUT2D eigenvalue weighted by Crippen LogP contribution is 2.66. The molecule has 0 aromatic heterocycles. The van der Waals surface area contributed by atoms with E-state index >= 15 is 0 Å². The smallest absolute Gasteiger partial charge is 0.319 e. The molecule has 0 radical (unpaired) electrons. The largest absolute Gasteiger partial charge is 0.433 e. The molecular weight excluding hydrogens is 396 g/mol. The molecule has 0 spiro atoms. The van der Waals surface area contributed by atoms with Crippen molar-refractivity contribution >= 4 is 27.7 Å². The van der Waals surface area contributed by atoms with Crippen LogP contribution in [-0.2, 0) is 14.3 Å². The Morgan fingerprint density at radius 2 is 1.92 bits per heavy atom. The molecule has 0 saturated heterocycles. The number of aliphatic hydroxyl groups is 1. The maximum absolute atomic E-state index is 12.5. The van der Waals surface area contributed by atoms with Gasteiger partial charge >= 0.3 is 5.97 Å². The van der Waals surface area contributed by atoms with E-state index in [4.69, 9.17) is 4.74 Å². The van der Waals surface area contributed by atoms with Gasteiger partial charge in [-0.1, -0.05) is 29.8 Å². The Morgan fingerprint density at radius 3 is 2.65 bits per heavy atom. The Morgan fingerprint density at radius 1 is 1.15 bits per heavy atom. The molecule has 0 amide bonds. The van der Waals surface area contributed by atoms with Crippen LogP contribution in [0, 0.1) is 34.5 Å². The Balaban J connectivity index is 1.54. The van der Waals surface area contributed by atoms with E-state index < -0.39 is 5.79 Å². The maximum atomic E-state index is 12.5. The molecule has 146 valence electrons. The van der Waals surface area contributed by atoms with Gasteiger partial charge in [-0.15, -0.1) is 0 Å². The van der Waals surface area contributed by atoms with E-state index in [1.54, 1.807) is 0 Å². The summed E-state index contributed by atoms with van der Waals surface area (Å²) >= 11 is 3.11. The number of carbonyl (C=O) groups is 2. The van der Waals surface area contributed by atoms with E-state index in [0.29, 0.717) is 42.3 Å². The lowest BCUT2D eigenvalue weighted by Crippen LogP contribution is -2.56. The first-order chi connectivity index (χ1) is 12.2. The first kappa shape index (κ1) is 18.9. The Labute approximate surface area is 164 Å². The van der Waals surface area contributed by atoms with Gasteiger partial charge in [0.25, 0.3) is 0 Å². The van der Waals surface area contributed by atoms with Crippen LogP contribution in [0.3, 0.4) is 0 Å². The maximum Gasteiger partial charge on any atom is 0.319 e. The van der Waals surface area contributed by atoms with E-state index in [0.717, 1.165) is 44.9 Å². The molecule has 0 aliphatic heterocycles. The number of esters is 1. The van der Waals surface area contributed by atoms with Crippen molar-refractivity contribution in [3.05, 3.63) is 0 Å². The fourth-order valence-electron chi connectivity index (χ4n) is 7.31. The average Bonchev–Trinajstić information content (AvgIpc) is 2.91. The molecule has 0 heterocycles. The van der Waals surface area contributed by atoms with Gasteiger partial charge in [-0.2, -0.15) is 0 Å². The van der Waals surface area contributed by atoms with Gasteiger partial charge in [-0.3, -0.25) is 9.59 Å². The van der Waals surface area contributed by atoms with Crippen molar-refractivity contribution in [1.82, 2.24) is 0 Å². The summed E-state index contributed by atoms with van der Waals surface area (Å²) in [6.07, 6.45) is 8.24. The van der Waals surface area contributed by atoms with E-state index in [-0.39, 0.29) is 22.1 Å². The Hall–Kier alpha value is -0.420. The summed E-state index contributed by atoms with van der Waals surface area (Å²) in [5.41, 5.74) is 0.119. The minimum Gasteiger partial charge on any atom is -0.433 e. The monoisotopic (exact) mass is 426 g/mol. The number of halogens is 1. The van der Waals surface area contributed by atoms with Crippen molar-refractivity contribution in [3.63, 3.8) is 0 Å². The lowest BCUT2D eigenvalue weighted by Gasteiger charge is -2.60. The van der Waals surface area contributed by atoms with Crippen LogP contribution in [0.5, 0.6) is 0 Å². The molecule has 4 saturated carbocycles. The number of Topliss-reactive ketones (excluding diaryl/α,β-unsaturated/α-hetero) is 1. The number of alkyl halides is 1. The van der Waals surface area contributed by atoms with Crippen LogP contribution in [0.4, 0.5) is 0 Å². The van der Waals surface area contributed by atoms with Gasteiger partial charge in [0.1, 0.15) is 11.1 Å². The van der Waals surface area contributed by atoms with Crippen LogP contribution in [0.2, 0.25) is 0 Å². The number of hydrogen-bond donors (Lipinski definition) is 1. The van der Waals surface area contributed by atoms with Crippen LogP contribution < -0.4 is 0 Å². The summed E-state index contributed by atoms with van der Waals surface area (Å²) in [5.74, 6) is 1.05. The number of hydrogen-bond acceptors (Lipinski definition) is 4. The molecule has 4 fully saturated rings. The van der Waals surface area contributed by atoms with Gasteiger partial charge in [-0.25, -0.2) is 0 Å². The van der Waals surface area contributed by atoms with Crippen LogP contribution >= 0.6 is 15.9 Å². The lowest BCUT2D eigenvalue weighted by molar-refractivity contribution is -0.248. The molecule has 26 heavy (non-hydrogen) atoms. The molecule has 0 aromatic rings. The zero-order chi connectivity index (χ0) is 18.7. The molecule has 4 aliphatic carbocycles. The second-order valence-corrected chi connectivity index (χ2v) is 10.4. The number of rotatable bonds is 2. The van der Waals surface area contributed by atoms with Crippen LogP contribution in [-0.4, -0.2) is 28.0 Å². The fourth-order valence-corrected chi connectivity index (χ4v) is 7.43.